The minimum Gasteiger partial charge on any atom is -0.357 e. The van der Waals surface area contributed by atoms with E-state index in [9.17, 15) is 4.79 Å². The number of carbonyl (C=O) groups is 1. The van der Waals surface area contributed by atoms with Gasteiger partial charge in [0.05, 0.1) is 0 Å². The van der Waals surface area contributed by atoms with Gasteiger partial charge < -0.3 is 15.5 Å². The van der Waals surface area contributed by atoms with Crippen molar-refractivity contribution in [2.45, 2.75) is 26.3 Å². The molecule has 3 heterocycles. The summed E-state index contributed by atoms with van der Waals surface area (Å²) >= 11 is 0. The van der Waals surface area contributed by atoms with Crippen LogP contribution in [0.5, 0.6) is 0 Å². The van der Waals surface area contributed by atoms with Gasteiger partial charge in [-0.2, -0.15) is 0 Å². The Morgan fingerprint density at radius 1 is 1.43 bits per heavy atom. The van der Waals surface area contributed by atoms with Crippen LogP contribution in [0.25, 0.3) is 0 Å². The van der Waals surface area contributed by atoms with Gasteiger partial charge in [-0.3, -0.25) is 4.79 Å². The maximum absolute atomic E-state index is 12.1. The molecule has 1 aromatic rings. The van der Waals surface area contributed by atoms with Gasteiger partial charge in [0.25, 0.3) is 0 Å². The number of rotatable bonds is 5. The molecular weight excluding hydrogens is 264 g/mol. The molecule has 2 aliphatic heterocycles. The normalized spacial score (nSPS) is 20.1. The van der Waals surface area contributed by atoms with Crippen LogP contribution in [0.1, 0.15) is 25.3 Å². The number of nitrogens with one attached hydrogen (secondary N) is 2. The Morgan fingerprint density at radius 3 is 2.76 bits per heavy atom. The van der Waals surface area contributed by atoms with Crippen LogP contribution in [0.3, 0.4) is 0 Å². The first kappa shape index (κ1) is 14.3. The highest BCUT2D eigenvalue weighted by Crippen LogP contribution is 2.18. The average molecular weight is 288 g/mol. The summed E-state index contributed by atoms with van der Waals surface area (Å²) in [4.78, 5) is 18.9. The molecule has 0 saturated carbocycles. The Bertz CT molecular complexity index is 478. The fourth-order valence-corrected chi connectivity index (χ4v) is 2.88. The van der Waals surface area contributed by atoms with Crippen molar-refractivity contribution in [1.29, 1.82) is 0 Å². The van der Waals surface area contributed by atoms with Crippen LogP contribution < -0.4 is 15.5 Å². The topological polar surface area (TPSA) is 57.3 Å². The van der Waals surface area contributed by atoms with Gasteiger partial charge in [-0.15, -0.1) is 0 Å². The maximum atomic E-state index is 12.1. The van der Waals surface area contributed by atoms with Crippen molar-refractivity contribution in [3.63, 3.8) is 0 Å². The third kappa shape index (κ3) is 3.35. The number of amides is 1. The van der Waals surface area contributed by atoms with E-state index in [0.717, 1.165) is 37.6 Å². The van der Waals surface area contributed by atoms with E-state index in [1.807, 2.05) is 13.1 Å². The summed E-state index contributed by atoms with van der Waals surface area (Å²) in [6.07, 6.45) is 4.39. The summed E-state index contributed by atoms with van der Waals surface area (Å²) in [5, 5.41) is 6.23. The molecule has 0 bridgehead atoms. The lowest BCUT2D eigenvalue weighted by Gasteiger charge is -2.31. The van der Waals surface area contributed by atoms with Crippen LogP contribution in [0.15, 0.2) is 18.3 Å². The summed E-state index contributed by atoms with van der Waals surface area (Å²) in [6, 6.07) is 4.13. The number of hydrogen-bond donors (Lipinski definition) is 2. The molecule has 1 amide bonds. The number of aromatic nitrogens is 1. The van der Waals surface area contributed by atoms with E-state index in [0.29, 0.717) is 12.5 Å². The SMILES string of the molecule is CC(C(=O)NCc1ccc(N2CCCC2)nc1)C1CNC1. The number of anilines is 1. The Kier molecular flexibility index (Phi) is 4.39. The van der Waals surface area contributed by atoms with Gasteiger partial charge in [0, 0.05) is 31.7 Å². The van der Waals surface area contributed by atoms with Gasteiger partial charge in [0.15, 0.2) is 0 Å². The molecule has 2 saturated heterocycles. The minimum absolute atomic E-state index is 0.0862. The standard InChI is InChI=1S/C16H24N4O/c1-12(14-10-17-11-14)16(21)19-9-13-4-5-15(18-8-13)20-6-2-3-7-20/h4-5,8,12,14,17H,2-3,6-7,9-11H2,1H3,(H,19,21). The van der Waals surface area contributed by atoms with Crippen molar-refractivity contribution in [2.75, 3.05) is 31.1 Å². The molecule has 2 N–H and O–H groups in total. The summed E-state index contributed by atoms with van der Waals surface area (Å²) in [6.45, 7) is 6.71. The van der Waals surface area contributed by atoms with E-state index < -0.39 is 0 Å². The second-order valence-corrected chi connectivity index (χ2v) is 6.14. The molecule has 0 aromatic carbocycles. The Labute approximate surface area is 126 Å². The van der Waals surface area contributed by atoms with Gasteiger partial charge >= 0.3 is 0 Å². The molecule has 5 nitrogen and oxygen atoms in total. The Balaban J connectivity index is 1.49. The van der Waals surface area contributed by atoms with E-state index in [1.54, 1.807) is 0 Å². The van der Waals surface area contributed by atoms with E-state index in [-0.39, 0.29) is 11.8 Å². The molecule has 21 heavy (non-hydrogen) atoms. The number of hydrogen-bond acceptors (Lipinski definition) is 4. The van der Waals surface area contributed by atoms with Crippen LogP contribution in [-0.2, 0) is 11.3 Å². The van der Waals surface area contributed by atoms with Crippen LogP contribution in [0.4, 0.5) is 5.82 Å². The number of pyridine rings is 1. The van der Waals surface area contributed by atoms with E-state index >= 15 is 0 Å². The quantitative estimate of drug-likeness (QED) is 0.853. The zero-order valence-electron chi connectivity index (χ0n) is 12.6. The number of nitrogens with zero attached hydrogens (tertiary/aromatic N) is 2. The fraction of sp³-hybridized carbons (Fsp3) is 0.625. The van der Waals surface area contributed by atoms with E-state index in [2.05, 4.69) is 32.7 Å². The Morgan fingerprint density at radius 2 is 2.19 bits per heavy atom. The molecule has 0 aliphatic carbocycles. The first-order valence-electron chi connectivity index (χ1n) is 7.92. The third-order valence-electron chi connectivity index (χ3n) is 4.64. The summed E-state index contributed by atoms with van der Waals surface area (Å²) in [7, 11) is 0. The molecule has 0 spiro atoms. The van der Waals surface area contributed by atoms with Crippen LogP contribution in [-0.4, -0.2) is 37.1 Å². The largest absolute Gasteiger partial charge is 0.357 e. The second-order valence-electron chi connectivity index (χ2n) is 6.14. The van der Waals surface area contributed by atoms with Gasteiger partial charge in [0.2, 0.25) is 5.91 Å². The molecule has 1 aromatic heterocycles. The predicted octanol–water partition coefficient (Wildman–Crippen LogP) is 1.15. The molecule has 114 valence electrons. The molecular formula is C16H24N4O. The molecule has 5 heteroatoms. The first-order chi connectivity index (χ1) is 10.2. The average Bonchev–Trinajstić information content (AvgIpc) is 2.97. The van der Waals surface area contributed by atoms with Crippen LogP contribution in [0, 0.1) is 11.8 Å². The Hall–Kier alpha value is -1.62. The van der Waals surface area contributed by atoms with Crippen LogP contribution in [0.2, 0.25) is 0 Å². The van der Waals surface area contributed by atoms with Crippen molar-refractivity contribution in [2.24, 2.45) is 11.8 Å². The van der Waals surface area contributed by atoms with Crippen molar-refractivity contribution in [3.05, 3.63) is 23.9 Å². The monoisotopic (exact) mass is 288 g/mol. The fourth-order valence-electron chi connectivity index (χ4n) is 2.88. The summed E-state index contributed by atoms with van der Waals surface area (Å²) in [5.41, 5.74) is 1.06. The molecule has 1 unspecified atom stereocenters. The highest BCUT2D eigenvalue weighted by Gasteiger charge is 2.28. The zero-order chi connectivity index (χ0) is 14.7. The maximum Gasteiger partial charge on any atom is 0.223 e. The third-order valence-corrected chi connectivity index (χ3v) is 4.64. The van der Waals surface area contributed by atoms with Gasteiger partial charge in [-0.1, -0.05) is 13.0 Å². The minimum atomic E-state index is 0.0862. The number of carbonyl (C=O) groups excluding carboxylic acids is 1. The highest BCUT2D eigenvalue weighted by atomic mass is 16.1. The lowest BCUT2D eigenvalue weighted by Crippen LogP contribution is -2.49. The van der Waals surface area contributed by atoms with E-state index in [1.165, 1.54) is 12.8 Å². The van der Waals surface area contributed by atoms with Crippen LogP contribution >= 0.6 is 0 Å². The van der Waals surface area contributed by atoms with Crippen molar-refractivity contribution in [3.8, 4) is 0 Å². The molecule has 0 radical (unpaired) electrons. The second kappa shape index (κ2) is 6.43. The lowest BCUT2D eigenvalue weighted by atomic mass is 9.88. The lowest BCUT2D eigenvalue weighted by molar-refractivity contribution is -0.126. The molecule has 3 rings (SSSR count). The van der Waals surface area contributed by atoms with Crippen molar-refractivity contribution in [1.82, 2.24) is 15.6 Å². The predicted molar refractivity (Wildman–Crippen MR) is 83.1 cm³/mol. The van der Waals surface area contributed by atoms with Crippen molar-refractivity contribution < 1.29 is 4.79 Å². The van der Waals surface area contributed by atoms with Gasteiger partial charge in [0.1, 0.15) is 5.82 Å². The molecule has 1 atom stereocenters. The van der Waals surface area contributed by atoms with E-state index in [4.69, 9.17) is 0 Å². The summed E-state index contributed by atoms with van der Waals surface area (Å²) in [5.74, 6) is 1.77. The zero-order valence-corrected chi connectivity index (χ0v) is 12.6. The molecule has 2 aliphatic rings. The highest BCUT2D eigenvalue weighted by molar-refractivity contribution is 5.78. The van der Waals surface area contributed by atoms with Gasteiger partial charge in [-0.05, 0) is 43.5 Å². The smallest absolute Gasteiger partial charge is 0.223 e. The van der Waals surface area contributed by atoms with Crippen molar-refractivity contribution >= 4 is 11.7 Å². The summed E-state index contributed by atoms with van der Waals surface area (Å²) < 4.78 is 0. The van der Waals surface area contributed by atoms with Gasteiger partial charge in [-0.25, -0.2) is 4.98 Å². The first-order valence-corrected chi connectivity index (χ1v) is 7.92. The molecule has 2 fully saturated rings.